The topological polar surface area (TPSA) is 71.7 Å². The van der Waals surface area contributed by atoms with Gasteiger partial charge in [-0.05, 0) is 45.2 Å². The molecule has 2 bridgehead atoms. The van der Waals surface area contributed by atoms with Gasteiger partial charge in [0.25, 0.3) is 0 Å². The standard InChI is InChI=1S/C16H24N4O2/c1-16(2,3)22-15(21)19-8-11-6-13(10-19)20(9-11)12-4-5-14(17)18-7-12/h4-5,7,11,13H,6,8-10H2,1-3H3,(H2,17,18). The number of carbonyl (C=O) groups excluding carboxylic acids is 1. The fraction of sp³-hybridized carbons (Fsp3) is 0.625. The van der Waals surface area contributed by atoms with Crippen LogP contribution in [0, 0.1) is 5.92 Å². The SMILES string of the molecule is CC(C)(C)OC(=O)N1CC2CC(C1)N(c1ccc(N)nc1)C2. The summed E-state index contributed by atoms with van der Waals surface area (Å²) in [6.45, 7) is 8.12. The second-order valence-corrected chi connectivity index (χ2v) is 7.23. The lowest BCUT2D eigenvalue weighted by Gasteiger charge is -2.34. The number of rotatable bonds is 1. The van der Waals surface area contributed by atoms with E-state index in [0.29, 0.717) is 24.3 Å². The van der Waals surface area contributed by atoms with Gasteiger partial charge in [0.15, 0.2) is 0 Å². The Hall–Kier alpha value is -1.98. The van der Waals surface area contributed by atoms with Gasteiger partial charge in [-0.3, -0.25) is 0 Å². The number of amides is 1. The minimum absolute atomic E-state index is 0.209. The molecule has 2 aliphatic heterocycles. The van der Waals surface area contributed by atoms with Crippen LogP contribution in [-0.4, -0.2) is 47.3 Å². The van der Waals surface area contributed by atoms with Crippen molar-refractivity contribution in [1.29, 1.82) is 0 Å². The van der Waals surface area contributed by atoms with Gasteiger partial charge >= 0.3 is 6.09 Å². The van der Waals surface area contributed by atoms with Gasteiger partial charge in [0.05, 0.1) is 11.9 Å². The molecule has 6 nitrogen and oxygen atoms in total. The third-order valence-corrected chi connectivity index (χ3v) is 4.16. The van der Waals surface area contributed by atoms with Crippen LogP contribution >= 0.6 is 0 Å². The molecule has 3 rings (SSSR count). The van der Waals surface area contributed by atoms with Crippen molar-refractivity contribution in [3.63, 3.8) is 0 Å². The zero-order chi connectivity index (χ0) is 15.9. The molecule has 1 amide bonds. The van der Waals surface area contributed by atoms with Crippen LogP contribution in [0.2, 0.25) is 0 Å². The third-order valence-electron chi connectivity index (χ3n) is 4.16. The smallest absolute Gasteiger partial charge is 0.410 e. The lowest BCUT2D eigenvalue weighted by molar-refractivity contribution is 0.0185. The number of aromatic nitrogens is 1. The van der Waals surface area contributed by atoms with Crippen molar-refractivity contribution >= 4 is 17.6 Å². The van der Waals surface area contributed by atoms with E-state index in [1.54, 1.807) is 0 Å². The molecule has 3 heterocycles. The summed E-state index contributed by atoms with van der Waals surface area (Å²) in [5.41, 5.74) is 6.28. The first-order valence-electron chi connectivity index (χ1n) is 7.78. The molecule has 0 radical (unpaired) electrons. The van der Waals surface area contributed by atoms with Crippen molar-refractivity contribution in [3.05, 3.63) is 18.3 Å². The predicted molar refractivity (Wildman–Crippen MR) is 85.7 cm³/mol. The molecule has 6 heteroatoms. The van der Waals surface area contributed by atoms with Crippen molar-refractivity contribution in [2.75, 3.05) is 30.3 Å². The number of fused-ring (bicyclic) bond motifs is 2. The number of nitrogens with zero attached hydrogens (tertiary/aromatic N) is 3. The first-order valence-corrected chi connectivity index (χ1v) is 7.78. The highest BCUT2D eigenvalue weighted by Crippen LogP contribution is 2.34. The normalized spacial score (nSPS) is 24.5. The summed E-state index contributed by atoms with van der Waals surface area (Å²) in [6.07, 6.45) is 2.72. The lowest BCUT2D eigenvalue weighted by atomic mass is 10.0. The second-order valence-electron chi connectivity index (χ2n) is 7.23. The fourth-order valence-electron chi connectivity index (χ4n) is 3.32. The summed E-state index contributed by atoms with van der Waals surface area (Å²) < 4.78 is 5.50. The average molecular weight is 304 g/mol. The summed E-state index contributed by atoms with van der Waals surface area (Å²) in [5, 5.41) is 0. The number of pyridine rings is 1. The Balaban J connectivity index is 1.69. The highest BCUT2D eigenvalue weighted by atomic mass is 16.6. The molecule has 2 atom stereocenters. The summed E-state index contributed by atoms with van der Waals surface area (Å²) in [4.78, 5) is 20.6. The Labute approximate surface area is 131 Å². The molecule has 2 fully saturated rings. The molecule has 2 saturated heterocycles. The number of hydrogen-bond donors (Lipinski definition) is 1. The van der Waals surface area contributed by atoms with E-state index in [0.717, 1.165) is 25.2 Å². The molecule has 2 N–H and O–H groups in total. The van der Waals surface area contributed by atoms with Crippen molar-refractivity contribution in [1.82, 2.24) is 9.88 Å². The van der Waals surface area contributed by atoms with E-state index in [2.05, 4.69) is 9.88 Å². The number of hydrogen-bond acceptors (Lipinski definition) is 5. The van der Waals surface area contributed by atoms with E-state index < -0.39 is 5.60 Å². The Kier molecular flexibility index (Phi) is 3.62. The molecule has 2 unspecified atom stereocenters. The summed E-state index contributed by atoms with van der Waals surface area (Å²) in [5.74, 6) is 1.02. The van der Waals surface area contributed by atoms with Crippen LogP contribution in [0.25, 0.3) is 0 Å². The number of ether oxygens (including phenoxy) is 1. The molecule has 0 saturated carbocycles. The van der Waals surface area contributed by atoms with Crippen LogP contribution in [0.4, 0.5) is 16.3 Å². The van der Waals surface area contributed by atoms with Gasteiger partial charge in [0.2, 0.25) is 0 Å². The van der Waals surface area contributed by atoms with Gasteiger partial charge in [-0.25, -0.2) is 9.78 Å². The van der Waals surface area contributed by atoms with Crippen LogP contribution < -0.4 is 10.6 Å². The minimum Gasteiger partial charge on any atom is -0.444 e. The maximum atomic E-state index is 12.3. The van der Waals surface area contributed by atoms with Crippen LogP contribution in [0.5, 0.6) is 0 Å². The number of nitrogen functional groups attached to an aromatic ring is 1. The van der Waals surface area contributed by atoms with Crippen LogP contribution in [0.1, 0.15) is 27.2 Å². The van der Waals surface area contributed by atoms with E-state index in [1.165, 1.54) is 0 Å². The summed E-state index contributed by atoms with van der Waals surface area (Å²) in [6, 6.07) is 4.15. The van der Waals surface area contributed by atoms with E-state index in [1.807, 2.05) is 44.0 Å². The summed E-state index contributed by atoms with van der Waals surface area (Å²) >= 11 is 0. The molecule has 0 aromatic carbocycles. The van der Waals surface area contributed by atoms with Gasteiger partial charge in [-0.2, -0.15) is 0 Å². The molecule has 22 heavy (non-hydrogen) atoms. The molecular formula is C16H24N4O2. The van der Waals surface area contributed by atoms with Crippen molar-refractivity contribution in [3.8, 4) is 0 Å². The first-order chi connectivity index (χ1) is 10.3. The highest BCUT2D eigenvalue weighted by molar-refractivity contribution is 5.69. The predicted octanol–water partition coefficient (Wildman–Crippen LogP) is 2.11. The van der Waals surface area contributed by atoms with E-state index in [9.17, 15) is 4.79 Å². The number of piperidine rings is 1. The first kappa shape index (κ1) is 14.9. The molecule has 0 spiro atoms. The molecule has 1 aromatic heterocycles. The van der Waals surface area contributed by atoms with Gasteiger partial charge in [-0.1, -0.05) is 0 Å². The second kappa shape index (κ2) is 5.34. The molecule has 1 aromatic rings. The Morgan fingerprint density at radius 1 is 1.32 bits per heavy atom. The van der Waals surface area contributed by atoms with Crippen LogP contribution in [-0.2, 0) is 4.74 Å². The Morgan fingerprint density at radius 3 is 2.73 bits per heavy atom. The number of nitrogens with two attached hydrogens (primary N) is 1. The van der Waals surface area contributed by atoms with Crippen LogP contribution in [0.15, 0.2) is 18.3 Å². The van der Waals surface area contributed by atoms with Gasteiger partial charge in [0.1, 0.15) is 11.4 Å². The molecular weight excluding hydrogens is 280 g/mol. The van der Waals surface area contributed by atoms with Gasteiger partial charge < -0.3 is 20.3 Å². The molecule has 2 aliphatic rings. The summed E-state index contributed by atoms with van der Waals surface area (Å²) in [7, 11) is 0. The van der Waals surface area contributed by atoms with Gasteiger partial charge in [-0.15, -0.1) is 0 Å². The van der Waals surface area contributed by atoms with Gasteiger partial charge in [0, 0.05) is 25.7 Å². The quantitative estimate of drug-likeness (QED) is 0.860. The monoisotopic (exact) mass is 304 g/mol. The maximum Gasteiger partial charge on any atom is 0.410 e. The number of anilines is 2. The Bertz CT molecular complexity index is 552. The number of carbonyl (C=O) groups is 1. The fourth-order valence-corrected chi connectivity index (χ4v) is 3.32. The molecule has 0 aliphatic carbocycles. The van der Waals surface area contributed by atoms with E-state index in [-0.39, 0.29) is 6.09 Å². The highest BCUT2D eigenvalue weighted by Gasteiger charge is 2.41. The van der Waals surface area contributed by atoms with Crippen LogP contribution in [0.3, 0.4) is 0 Å². The van der Waals surface area contributed by atoms with Crippen molar-refractivity contribution in [2.24, 2.45) is 5.92 Å². The Morgan fingerprint density at radius 2 is 2.09 bits per heavy atom. The van der Waals surface area contributed by atoms with Crippen molar-refractivity contribution < 1.29 is 9.53 Å². The minimum atomic E-state index is -0.450. The van der Waals surface area contributed by atoms with Crippen molar-refractivity contribution in [2.45, 2.75) is 38.8 Å². The molecule has 120 valence electrons. The third kappa shape index (κ3) is 3.10. The van der Waals surface area contributed by atoms with E-state index in [4.69, 9.17) is 10.5 Å². The average Bonchev–Trinajstić information content (AvgIpc) is 2.72. The zero-order valence-corrected chi connectivity index (χ0v) is 13.5. The zero-order valence-electron chi connectivity index (χ0n) is 13.5. The number of likely N-dealkylation sites (tertiary alicyclic amines) is 1. The largest absolute Gasteiger partial charge is 0.444 e. The van der Waals surface area contributed by atoms with E-state index >= 15 is 0 Å². The maximum absolute atomic E-state index is 12.3. The lowest BCUT2D eigenvalue weighted by Crippen LogP contribution is -2.47.